The van der Waals surface area contributed by atoms with Crippen molar-refractivity contribution in [2.45, 2.75) is 45.1 Å². The SMILES string of the molecule is CCCCN(C)S(=O)(=O)NC1CCCCNC1=O. The largest absolute Gasteiger partial charge is 0.355 e. The Kier molecular flexibility index (Phi) is 6.04. The first kappa shape index (κ1) is 15.4. The van der Waals surface area contributed by atoms with Crippen LogP contribution in [0, 0.1) is 0 Å². The van der Waals surface area contributed by atoms with Crippen molar-refractivity contribution in [1.82, 2.24) is 14.3 Å². The minimum absolute atomic E-state index is 0.222. The lowest BCUT2D eigenvalue weighted by Gasteiger charge is -2.21. The van der Waals surface area contributed by atoms with Gasteiger partial charge in [-0.15, -0.1) is 0 Å². The van der Waals surface area contributed by atoms with Gasteiger partial charge < -0.3 is 5.32 Å². The van der Waals surface area contributed by atoms with E-state index in [1.807, 2.05) is 6.92 Å². The predicted molar refractivity (Wildman–Crippen MR) is 70.2 cm³/mol. The first-order valence-corrected chi connectivity index (χ1v) is 7.92. The molecule has 1 amide bonds. The molecule has 1 rings (SSSR count). The van der Waals surface area contributed by atoms with Gasteiger partial charge in [0.05, 0.1) is 0 Å². The zero-order chi connectivity index (χ0) is 13.6. The Hall–Kier alpha value is -0.660. The molecule has 7 heteroatoms. The van der Waals surface area contributed by atoms with Crippen molar-refractivity contribution in [1.29, 1.82) is 0 Å². The van der Waals surface area contributed by atoms with Crippen LogP contribution in [0.4, 0.5) is 0 Å². The average Bonchev–Trinajstić information content (AvgIpc) is 2.51. The molecule has 1 atom stereocenters. The molecule has 0 aromatic carbocycles. The van der Waals surface area contributed by atoms with E-state index in [0.717, 1.165) is 25.7 Å². The molecule has 1 saturated heterocycles. The van der Waals surface area contributed by atoms with Crippen LogP contribution in [0.1, 0.15) is 39.0 Å². The summed E-state index contributed by atoms with van der Waals surface area (Å²) in [5.41, 5.74) is 0. The molecule has 1 aliphatic heterocycles. The third-order valence-electron chi connectivity index (χ3n) is 3.06. The van der Waals surface area contributed by atoms with Gasteiger partial charge in [-0.05, 0) is 25.7 Å². The molecule has 1 fully saturated rings. The van der Waals surface area contributed by atoms with Crippen molar-refractivity contribution in [3.8, 4) is 0 Å². The van der Waals surface area contributed by atoms with Gasteiger partial charge >= 0.3 is 0 Å². The van der Waals surface area contributed by atoms with E-state index < -0.39 is 16.3 Å². The summed E-state index contributed by atoms with van der Waals surface area (Å²) in [6.45, 7) is 3.11. The van der Waals surface area contributed by atoms with E-state index in [0.29, 0.717) is 19.5 Å². The van der Waals surface area contributed by atoms with Crippen molar-refractivity contribution in [3.63, 3.8) is 0 Å². The molecule has 18 heavy (non-hydrogen) atoms. The molecule has 1 heterocycles. The number of carbonyl (C=O) groups is 1. The van der Waals surface area contributed by atoms with Crippen LogP contribution >= 0.6 is 0 Å². The number of nitrogens with one attached hydrogen (secondary N) is 2. The van der Waals surface area contributed by atoms with E-state index in [1.165, 1.54) is 11.4 Å². The number of unbranched alkanes of at least 4 members (excludes halogenated alkanes) is 1. The second kappa shape index (κ2) is 7.06. The number of nitrogens with zero attached hydrogens (tertiary/aromatic N) is 1. The minimum Gasteiger partial charge on any atom is -0.355 e. The first-order valence-electron chi connectivity index (χ1n) is 6.48. The Morgan fingerprint density at radius 2 is 2.17 bits per heavy atom. The van der Waals surface area contributed by atoms with E-state index in [-0.39, 0.29) is 5.91 Å². The maximum atomic E-state index is 12.0. The van der Waals surface area contributed by atoms with Crippen LogP contribution in [0.3, 0.4) is 0 Å². The number of hydrogen-bond donors (Lipinski definition) is 2. The highest BCUT2D eigenvalue weighted by atomic mass is 32.2. The van der Waals surface area contributed by atoms with Gasteiger partial charge in [-0.2, -0.15) is 17.4 Å². The van der Waals surface area contributed by atoms with Crippen molar-refractivity contribution < 1.29 is 13.2 Å². The van der Waals surface area contributed by atoms with Crippen molar-refractivity contribution >= 4 is 16.1 Å². The van der Waals surface area contributed by atoms with Gasteiger partial charge in [-0.3, -0.25) is 4.79 Å². The molecule has 0 aliphatic carbocycles. The summed E-state index contributed by atoms with van der Waals surface area (Å²) >= 11 is 0. The molecule has 0 bridgehead atoms. The van der Waals surface area contributed by atoms with E-state index >= 15 is 0 Å². The highest BCUT2D eigenvalue weighted by Crippen LogP contribution is 2.08. The molecule has 6 nitrogen and oxygen atoms in total. The molecule has 0 aromatic rings. The normalized spacial score (nSPS) is 21.7. The standard InChI is InChI=1S/C11H23N3O3S/c1-3-4-9-14(2)18(16,17)13-10-7-5-6-8-12-11(10)15/h10,13H,3-9H2,1-2H3,(H,12,15). The predicted octanol–water partition coefficient (Wildman–Crippen LogP) is 0.221. The lowest BCUT2D eigenvalue weighted by molar-refractivity contribution is -0.122. The van der Waals surface area contributed by atoms with Gasteiger partial charge in [-0.1, -0.05) is 13.3 Å². The van der Waals surface area contributed by atoms with Gasteiger partial charge in [0, 0.05) is 20.1 Å². The topological polar surface area (TPSA) is 78.5 Å². The highest BCUT2D eigenvalue weighted by Gasteiger charge is 2.27. The number of hydrogen-bond acceptors (Lipinski definition) is 3. The summed E-state index contributed by atoms with van der Waals surface area (Å²) in [6, 6.07) is -0.637. The average molecular weight is 277 g/mol. The molecule has 1 unspecified atom stereocenters. The molecular formula is C11H23N3O3S. The molecule has 1 aliphatic rings. The molecular weight excluding hydrogens is 254 g/mol. The lowest BCUT2D eigenvalue weighted by Crippen LogP contribution is -2.49. The van der Waals surface area contributed by atoms with Gasteiger partial charge in [0.2, 0.25) is 5.91 Å². The fourth-order valence-corrected chi connectivity index (χ4v) is 2.96. The quantitative estimate of drug-likeness (QED) is 0.729. The summed E-state index contributed by atoms with van der Waals surface area (Å²) in [7, 11) is -2.02. The second-order valence-corrected chi connectivity index (χ2v) is 6.45. The van der Waals surface area contributed by atoms with Crippen LogP contribution in [0.15, 0.2) is 0 Å². The van der Waals surface area contributed by atoms with Crippen LogP contribution < -0.4 is 10.0 Å². The smallest absolute Gasteiger partial charge is 0.279 e. The van der Waals surface area contributed by atoms with Crippen molar-refractivity contribution in [2.24, 2.45) is 0 Å². The Morgan fingerprint density at radius 3 is 2.83 bits per heavy atom. The number of carbonyl (C=O) groups excluding carboxylic acids is 1. The van der Waals surface area contributed by atoms with Gasteiger partial charge in [0.15, 0.2) is 0 Å². The summed E-state index contributed by atoms with van der Waals surface area (Å²) in [5, 5.41) is 2.71. The van der Waals surface area contributed by atoms with E-state index in [4.69, 9.17) is 0 Å². The monoisotopic (exact) mass is 277 g/mol. The van der Waals surface area contributed by atoms with Gasteiger partial charge in [0.25, 0.3) is 10.2 Å². The van der Waals surface area contributed by atoms with Crippen LogP contribution in [0.5, 0.6) is 0 Å². The lowest BCUT2D eigenvalue weighted by atomic mass is 10.1. The summed E-state index contributed by atoms with van der Waals surface area (Å²) in [4.78, 5) is 11.7. The Bertz CT molecular complexity index is 370. The fourth-order valence-electron chi connectivity index (χ4n) is 1.82. The Balaban J connectivity index is 2.60. The van der Waals surface area contributed by atoms with E-state index in [2.05, 4.69) is 10.0 Å². The summed E-state index contributed by atoms with van der Waals surface area (Å²) in [5.74, 6) is -0.222. The number of amides is 1. The van der Waals surface area contributed by atoms with Gasteiger partial charge in [-0.25, -0.2) is 0 Å². The van der Waals surface area contributed by atoms with Crippen LogP contribution in [0.25, 0.3) is 0 Å². The maximum absolute atomic E-state index is 12.0. The highest BCUT2D eigenvalue weighted by molar-refractivity contribution is 7.87. The third-order valence-corrected chi connectivity index (χ3v) is 4.65. The summed E-state index contributed by atoms with van der Waals surface area (Å²) < 4.78 is 27.7. The Labute approximate surface area is 109 Å². The van der Waals surface area contributed by atoms with Crippen LogP contribution in [-0.2, 0) is 15.0 Å². The molecule has 0 saturated carbocycles. The fraction of sp³-hybridized carbons (Fsp3) is 0.909. The van der Waals surface area contributed by atoms with Crippen molar-refractivity contribution in [2.75, 3.05) is 20.1 Å². The van der Waals surface area contributed by atoms with Crippen LogP contribution in [0.2, 0.25) is 0 Å². The molecule has 0 aromatic heterocycles. The maximum Gasteiger partial charge on any atom is 0.279 e. The second-order valence-electron chi connectivity index (χ2n) is 4.64. The zero-order valence-electron chi connectivity index (χ0n) is 11.1. The Morgan fingerprint density at radius 1 is 1.44 bits per heavy atom. The molecule has 106 valence electrons. The van der Waals surface area contributed by atoms with Crippen LogP contribution in [-0.4, -0.2) is 44.8 Å². The minimum atomic E-state index is -3.56. The molecule has 0 radical (unpaired) electrons. The zero-order valence-corrected chi connectivity index (χ0v) is 11.9. The van der Waals surface area contributed by atoms with Crippen molar-refractivity contribution in [3.05, 3.63) is 0 Å². The van der Waals surface area contributed by atoms with E-state index in [9.17, 15) is 13.2 Å². The summed E-state index contributed by atoms with van der Waals surface area (Å²) in [6.07, 6.45) is 4.06. The van der Waals surface area contributed by atoms with E-state index in [1.54, 1.807) is 0 Å². The first-order chi connectivity index (χ1) is 8.47. The van der Waals surface area contributed by atoms with Gasteiger partial charge in [0.1, 0.15) is 6.04 Å². The molecule has 2 N–H and O–H groups in total. The number of rotatable bonds is 6. The molecule has 0 spiro atoms. The third kappa shape index (κ3) is 4.55.